The van der Waals surface area contributed by atoms with Crippen molar-refractivity contribution in [2.45, 2.75) is 13.3 Å². The second kappa shape index (κ2) is 7.33. The number of carboxylic acids is 1. The summed E-state index contributed by atoms with van der Waals surface area (Å²) in [6.07, 6.45) is 0.557. The number of rotatable bonds is 5. The van der Waals surface area contributed by atoms with Crippen molar-refractivity contribution in [3.63, 3.8) is 0 Å². The maximum atomic E-state index is 12.5. The fourth-order valence-electron chi connectivity index (χ4n) is 2.92. The first-order valence-electron chi connectivity index (χ1n) is 8.32. The predicted octanol–water partition coefficient (Wildman–Crippen LogP) is 3.36. The first-order valence-corrected chi connectivity index (χ1v) is 8.32. The molecule has 0 aromatic heterocycles. The van der Waals surface area contributed by atoms with Gasteiger partial charge in [0.2, 0.25) is 0 Å². The van der Waals surface area contributed by atoms with Gasteiger partial charge in [0, 0.05) is 16.9 Å². The van der Waals surface area contributed by atoms with Crippen molar-refractivity contribution >= 4 is 34.8 Å². The van der Waals surface area contributed by atoms with Crippen molar-refractivity contribution in [1.29, 1.82) is 0 Å². The third kappa shape index (κ3) is 3.52. The van der Waals surface area contributed by atoms with Crippen LogP contribution >= 0.6 is 0 Å². The molecule has 0 spiro atoms. The zero-order chi connectivity index (χ0) is 19.6. The summed E-state index contributed by atoms with van der Waals surface area (Å²) in [7, 11) is 1.30. The molecule has 27 heavy (non-hydrogen) atoms. The molecule has 0 aliphatic carbocycles. The van der Waals surface area contributed by atoms with Gasteiger partial charge in [-0.25, -0.2) is 9.59 Å². The smallest absolute Gasteiger partial charge is 0.337 e. The molecule has 2 aromatic rings. The second-order valence-electron chi connectivity index (χ2n) is 5.92. The van der Waals surface area contributed by atoms with E-state index in [4.69, 9.17) is 9.84 Å². The number of nitrogens with one attached hydrogen (secondary N) is 2. The maximum absolute atomic E-state index is 12.5. The highest BCUT2D eigenvalue weighted by atomic mass is 16.5. The second-order valence-corrected chi connectivity index (χ2v) is 5.92. The van der Waals surface area contributed by atoms with Gasteiger partial charge in [-0.1, -0.05) is 13.0 Å². The summed E-state index contributed by atoms with van der Waals surface area (Å²) in [6.45, 7) is 1.91. The normalized spacial score (nSPS) is 14.2. The fourth-order valence-corrected chi connectivity index (χ4v) is 2.92. The summed E-state index contributed by atoms with van der Waals surface area (Å²) in [5.74, 6) is -1.74. The van der Waals surface area contributed by atoms with E-state index in [-0.39, 0.29) is 11.5 Å². The van der Waals surface area contributed by atoms with Crippen LogP contribution in [-0.4, -0.2) is 30.1 Å². The summed E-state index contributed by atoms with van der Waals surface area (Å²) in [6, 6.07) is 11.2. The van der Waals surface area contributed by atoms with Crippen molar-refractivity contribution in [3.05, 3.63) is 64.9 Å². The van der Waals surface area contributed by atoms with Gasteiger partial charge in [-0.15, -0.1) is 0 Å². The molecule has 0 saturated carbocycles. The number of benzene rings is 2. The molecule has 0 atom stereocenters. The molecule has 0 radical (unpaired) electrons. The van der Waals surface area contributed by atoms with Gasteiger partial charge in [0.05, 0.1) is 29.5 Å². The van der Waals surface area contributed by atoms with Crippen molar-refractivity contribution in [2.24, 2.45) is 0 Å². The molecular formula is C20H18N2O5. The summed E-state index contributed by atoms with van der Waals surface area (Å²) in [5.41, 5.74) is 3.65. The highest BCUT2D eigenvalue weighted by Crippen LogP contribution is 2.35. The number of carbonyl (C=O) groups excluding carboxylic acids is 2. The van der Waals surface area contributed by atoms with Crippen molar-refractivity contribution in [3.8, 4) is 0 Å². The lowest BCUT2D eigenvalue weighted by Crippen LogP contribution is -2.10. The van der Waals surface area contributed by atoms with E-state index in [0.717, 1.165) is 0 Å². The molecule has 0 saturated heterocycles. The molecule has 1 amide bonds. The van der Waals surface area contributed by atoms with Crippen LogP contribution in [0.1, 0.15) is 39.6 Å². The van der Waals surface area contributed by atoms with Gasteiger partial charge < -0.3 is 20.5 Å². The van der Waals surface area contributed by atoms with Crippen LogP contribution < -0.4 is 10.6 Å². The van der Waals surface area contributed by atoms with Gasteiger partial charge in [0.15, 0.2) is 0 Å². The number of carboxylic acid groups (broad SMARTS) is 1. The molecule has 0 unspecified atom stereocenters. The van der Waals surface area contributed by atoms with Gasteiger partial charge >= 0.3 is 11.9 Å². The van der Waals surface area contributed by atoms with Crippen LogP contribution in [0.25, 0.3) is 5.57 Å². The number of carbonyl (C=O) groups is 3. The molecule has 7 heteroatoms. The molecule has 2 aromatic carbocycles. The van der Waals surface area contributed by atoms with Crippen molar-refractivity contribution in [2.75, 3.05) is 17.7 Å². The Morgan fingerprint density at radius 2 is 1.78 bits per heavy atom. The van der Waals surface area contributed by atoms with E-state index >= 15 is 0 Å². The van der Waals surface area contributed by atoms with E-state index < -0.39 is 11.9 Å². The molecular weight excluding hydrogens is 348 g/mol. The Hall–Kier alpha value is -3.61. The standard InChI is InChI=1S/C20H18N2O5/c1-3-15(21-13-7-4-11(5-8-13)19(24)25)17-14-9-6-12(20(26)27-2)10-16(14)22-18(17)23/h4-10,21H,3H2,1-2H3,(H,22,23)(H,24,25). The molecule has 1 aliphatic rings. The summed E-state index contributed by atoms with van der Waals surface area (Å²) in [5, 5.41) is 14.9. The summed E-state index contributed by atoms with van der Waals surface area (Å²) in [4.78, 5) is 35.2. The van der Waals surface area contributed by atoms with E-state index in [2.05, 4.69) is 10.6 Å². The predicted molar refractivity (Wildman–Crippen MR) is 101 cm³/mol. The lowest BCUT2D eigenvalue weighted by atomic mass is 10.0. The highest BCUT2D eigenvalue weighted by molar-refractivity contribution is 6.32. The topological polar surface area (TPSA) is 105 Å². The molecule has 0 fully saturated rings. The molecule has 0 bridgehead atoms. The van der Waals surface area contributed by atoms with Crippen LogP contribution in [0.3, 0.4) is 0 Å². The number of allylic oxidation sites excluding steroid dienone is 1. The lowest BCUT2D eigenvalue weighted by molar-refractivity contribution is -0.110. The van der Waals surface area contributed by atoms with E-state index in [0.29, 0.717) is 40.2 Å². The van der Waals surface area contributed by atoms with Gasteiger partial charge in [0.25, 0.3) is 5.91 Å². The summed E-state index contributed by atoms with van der Waals surface area (Å²) < 4.78 is 4.71. The number of methoxy groups -OCH3 is 1. The largest absolute Gasteiger partial charge is 0.478 e. The summed E-state index contributed by atoms with van der Waals surface area (Å²) >= 11 is 0. The van der Waals surface area contributed by atoms with Gasteiger partial charge in [-0.3, -0.25) is 4.79 Å². The van der Waals surface area contributed by atoms with Crippen molar-refractivity contribution in [1.82, 2.24) is 0 Å². The van der Waals surface area contributed by atoms with Crippen molar-refractivity contribution < 1.29 is 24.2 Å². The minimum Gasteiger partial charge on any atom is -0.478 e. The number of ether oxygens (including phenoxy) is 1. The molecule has 138 valence electrons. The number of fused-ring (bicyclic) bond motifs is 1. The number of esters is 1. The van der Waals surface area contributed by atoms with Gasteiger partial charge in [0.1, 0.15) is 0 Å². The first kappa shape index (κ1) is 18.2. The lowest BCUT2D eigenvalue weighted by Gasteiger charge is -2.12. The molecule has 7 nitrogen and oxygen atoms in total. The Balaban J connectivity index is 1.97. The average Bonchev–Trinajstić information content (AvgIpc) is 3.00. The van der Waals surface area contributed by atoms with Gasteiger partial charge in [-0.05, 0) is 42.8 Å². The van der Waals surface area contributed by atoms with Crippen LogP contribution in [0.4, 0.5) is 11.4 Å². The molecule has 1 heterocycles. The van der Waals surface area contributed by atoms with Crippen LogP contribution in [0.15, 0.2) is 48.2 Å². The monoisotopic (exact) mass is 366 g/mol. The van der Waals surface area contributed by atoms with E-state index in [1.807, 2.05) is 6.92 Å². The zero-order valence-corrected chi connectivity index (χ0v) is 14.8. The highest BCUT2D eigenvalue weighted by Gasteiger charge is 2.28. The van der Waals surface area contributed by atoms with E-state index in [1.54, 1.807) is 30.3 Å². The maximum Gasteiger partial charge on any atom is 0.337 e. The minimum absolute atomic E-state index is 0.186. The molecule has 3 N–H and O–H groups in total. The molecule has 3 rings (SSSR count). The Morgan fingerprint density at radius 1 is 1.11 bits per heavy atom. The van der Waals surface area contributed by atoms with E-state index in [1.165, 1.54) is 19.2 Å². The zero-order valence-electron chi connectivity index (χ0n) is 14.8. The SMILES string of the molecule is CCC(Nc1ccc(C(=O)O)cc1)=C1C(=O)Nc2cc(C(=O)OC)ccc21. The van der Waals surface area contributed by atoms with Crippen LogP contribution in [0.2, 0.25) is 0 Å². The third-order valence-electron chi connectivity index (χ3n) is 4.27. The fraction of sp³-hybridized carbons (Fsp3) is 0.150. The quantitative estimate of drug-likeness (QED) is 0.554. The number of aromatic carboxylic acids is 1. The third-order valence-corrected chi connectivity index (χ3v) is 4.27. The Labute approximate surface area is 155 Å². The number of amides is 1. The minimum atomic E-state index is -0.999. The number of hydrogen-bond acceptors (Lipinski definition) is 5. The average molecular weight is 366 g/mol. The van der Waals surface area contributed by atoms with Crippen LogP contribution in [0.5, 0.6) is 0 Å². The Morgan fingerprint density at radius 3 is 2.37 bits per heavy atom. The Bertz CT molecular complexity index is 961. The van der Waals surface area contributed by atoms with Crippen LogP contribution in [0, 0.1) is 0 Å². The first-order chi connectivity index (χ1) is 12.9. The molecule has 1 aliphatic heterocycles. The number of hydrogen-bond donors (Lipinski definition) is 3. The van der Waals surface area contributed by atoms with E-state index in [9.17, 15) is 14.4 Å². The van der Waals surface area contributed by atoms with Crippen LogP contribution in [-0.2, 0) is 9.53 Å². The number of anilines is 2. The van der Waals surface area contributed by atoms with Gasteiger partial charge in [-0.2, -0.15) is 0 Å². The Kier molecular flexibility index (Phi) is 4.94.